The van der Waals surface area contributed by atoms with Crippen molar-refractivity contribution >= 4 is 10.0 Å². The van der Waals surface area contributed by atoms with Crippen LogP contribution in [0.4, 0.5) is 0 Å². The van der Waals surface area contributed by atoms with Crippen molar-refractivity contribution in [2.75, 3.05) is 20.1 Å². The van der Waals surface area contributed by atoms with Crippen molar-refractivity contribution in [3.05, 3.63) is 29.8 Å². The van der Waals surface area contributed by atoms with Crippen molar-refractivity contribution in [1.29, 1.82) is 0 Å². The Morgan fingerprint density at radius 2 is 1.78 bits per heavy atom. The summed E-state index contributed by atoms with van der Waals surface area (Å²) in [7, 11) is -1.41. The summed E-state index contributed by atoms with van der Waals surface area (Å²) in [5.41, 5.74) is 1.07. The second kappa shape index (κ2) is 4.99. The van der Waals surface area contributed by atoms with Crippen LogP contribution in [-0.4, -0.2) is 43.9 Å². The van der Waals surface area contributed by atoms with Crippen LogP contribution in [-0.2, 0) is 10.0 Å². The van der Waals surface area contributed by atoms with Crippen LogP contribution in [0.2, 0.25) is 0 Å². The molecular weight excluding hydrogens is 248 g/mol. The molecule has 1 saturated heterocycles. The standard InChI is InChI=1S/C13H20N2O2S/c1-11-5-7-13(8-6-11)18(16,17)15-10-4-9-14(3)12(15)2/h5-8,12H,4,9-10H2,1-3H3. The van der Waals surface area contributed by atoms with E-state index in [-0.39, 0.29) is 6.17 Å². The lowest BCUT2D eigenvalue weighted by atomic mass is 10.2. The van der Waals surface area contributed by atoms with E-state index >= 15 is 0 Å². The Labute approximate surface area is 109 Å². The molecule has 1 atom stereocenters. The summed E-state index contributed by atoms with van der Waals surface area (Å²) in [6.07, 6.45) is 0.802. The van der Waals surface area contributed by atoms with Crippen LogP contribution < -0.4 is 0 Å². The first-order chi connectivity index (χ1) is 8.43. The van der Waals surface area contributed by atoms with E-state index in [9.17, 15) is 8.42 Å². The van der Waals surface area contributed by atoms with Crippen molar-refractivity contribution in [1.82, 2.24) is 9.21 Å². The van der Waals surface area contributed by atoms with Gasteiger partial charge in [-0.15, -0.1) is 0 Å². The first-order valence-electron chi connectivity index (χ1n) is 6.21. The lowest BCUT2D eigenvalue weighted by Crippen LogP contribution is -2.52. The van der Waals surface area contributed by atoms with Gasteiger partial charge < -0.3 is 0 Å². The Morgan fingerprint density at radius 3 is 2.39 bits per heavy atom. The van der Waals surface area contributed by atoms with E-state index in [0.29, 0.717) is 11.4 Å². The summed E-state index contributed by atoms with van der Waals surface area (Å²) in [6, 6.07) is 7.05. The first kappa shape index (κ1) is 13.5. The van der Waals surface area contributed by atoms with E-state index in [1.807, 2.05) is 33.0 Å². The minimum atomic E-state index is -3.37. The van der Waals surface area contributed by atoms with E-state index in [2.05, 4.69) is 4.90 Å². The third kappa shape index (κ3) is 2.43. The highest BCUT2D eigenvalue weighted by Crippen LogP contribution is 2.22. The van der Waals surface area contributed by atoms with Crippen molar-refractivity contribution in [2.45, 2.75) is 31.3 Å². The molecular formula is C13H20N2O2S. The summed E-state index contributed by atoms with van der Waals surface area (Å²) in [5, 5.41) is 0. The highest BCUT2D eigenvalue weighted by Gasteiger charge is 2.33. The van der Waals surface area contributed by atoms with Crippen LogP contribution in [0.25, 0.3) is 0 Å². The number of nitrogens with zero attached hydrogens (tertiary/aromatic N) is 2. The minimum Gasteiger partial charge on any atom is -0.290 e. The average Bonchev–Trinajstić information content (AvgIpc) is 2.33. The van der Waals surface area contributed by atoms with Gasteiger partial charge in [-0.1, -0.05) is 17.7 Å². The van der Waals surface area contributed by atoms with Crippen molar-refractivity contribution < 1.29 is 8.42 Å². The number of aryl methyl sites for hydroxylation is 1. The van der Waals surface area contributed by atoms with E-state index in [0.717, 1.165) is 18.5 Å². The summed E-state index contributed by atoms with van der Waals surface area (Å²) < 4.78 is 26.7. The molecule has 0 radical (unpaired) electrons. The Hall–Kier alpha value is -0.910. The zero-order valence-corrected chi connectivity index (χ0v) is 11.9. The second-order valence-electron chi connectivity index (χ2n) is 4.89. The van der Waals surface area contributed by atoms with Gasteiger partial charge in [0, 0.05) is 13.1 Å². The predicted molar refractivity (Wildman–Crippen MR) is 71.8 cm³/mol. The predicted octanol–water partition coefficient (Wildman–Crippen LogP) is 1.67. The zero-order valence-electron chi connectivity index (χ0n) is 11.1. The van der Waals surface area contributed by atoms with E-state index in [4.69, 9.17) is 0 Å². The molecule has 2 rings (SSSR count). The maximum Gasteiger partial charge on any atom is 0.244 e. The van der Waals surface area contributed by atoms with Gasteiger partial charge in [-0.3, -0.25) is 4.90 Å². The number of rotatable bonds is 2. The van der Waals surface area contributed by atoms with Gasteiger partial charge in [-0.25, -0.2) is 8.42 Å². The molecule has 1 aliphatic rings. The zero-order chi connectivity index (χ0) is 13.3. The van der Waals surface area contributed by atoms with E-state index in [1.165, 1.54) is 0 Å². The van der Waals surface area contributed by atoms with E-state index in [1.54, 1.807) is 16.4 Å². The molecule has 1 heterocycles. The molecule has 0 spiro atoms. The Balaban J connectivity index is 2.33. The molecule has 0 N–H and O–H groups in total. The van der Waals surface area contributed by atoms with Gasteiger partial charge in [0.2, 0.25) is 10.0 Å². The minimum absolute atomic E-state index is 0.0787. The fourth-order valence-electron chi connectivity index (χ4n) is 2.24. The average molecular weight is 268 g/mol. The maximum absolute atomic E-state index is 12.6. The molecule has 100 valence electrons. The Morgan fingerprint density at radius 1 is 1.17 bits per heavy atom. The van der Waals surface area contributed by atoms with Crippen LogP contribution in [0.1, 0.15) is 18.9 Å². The van der Waals surface area contributed by atoms with Gasteiger partial charge in [0.05, 0.1) is 11.1 Å². The molecule has 0 aromatic heterocycles. The Bertz CT molecular complexity index is 510. The monoisotopic (exact) mass is 268 g/mol. The summed E-state index contributed by atoms with van der Waals surface area (Å²) >= 11 is 0. The van der Waals surface area contributed by atoms with Gasteiger partial charge in [-0.2, -0.15) is 4.31 Å². The molecule has 0 saturated carbocycles. The lowest BCUT2D eigenvalue weighted by molar-refractivity contribution is 0.0993. The van der Waals surface area contributed by atoms with Crippen LogP contribution in [0.3, 0.4) is 0 Å². The molecule has 0 amide bonds. The topological polar surface area (TPSA) is 40.6 Å². The van der Waals surface area contributed by atoms with Crippen LogP contribution in [0.15, 0.2) is 29.2 Å². The van der Waals surface area contributed by atoms with Gasteiger partial charge in [-0.05, 0) is 39.4 Å². The molecule has 1 unspecified atom stereocenters. The van der Waals surface area contributed by atoms with Crippen LogP contribution >= 0.6 is 0 Å². The van der Waals surface area contributed by atoms with Gasteiger partial charge in [0.25, 0.3) is 0 Å². The maximum atomic E-state index is 12.6. The van der Waals surface area contributed by atoms with Crippen LogP contribution in [0, 0.1) is 6.92 Å². The number of hydrogen-bond donors (Lipinski definition) is 0. The molecule has 5 heteroatoms. The normalized spacial score (nSPS) is 23.2. The molecule has 1 fully saturated rings. The SMILES string of the molecule is Cc1ccc(S(=O)(=O)N2CCCN(C)C2C)cc1. The molecule has 4 nitrogen and oxygen atoms in total. The van der Waals surface area contributed by atoms with E-state index < -0.39 is 10.0 Å². The smallest absolute Gasteiger partial charge is 0.244 e. The fraction of sp³-hybridized carbons (Fsp3) is 0.538. The summed E-state index contributed by atoms with van der Waals surface area (Å²) in [5.74, 6) is 0. The van der Waals surface area contributed by atoms with Gasteiger partial charge in [0.1, 0.15) is 0 Å². The largest absolute Gasteiger partial charge is 0.290 e. The molecule has 18 heavy (non-hydrogen) atoms. The highest BCUT2D eigenvalue weighted by molar-refractivity contribution is 7.89. The molecule has 1 aliphatic heterocycles. The van der Waals surface area contributed by atoms with Crippen LogP contribution in [0.5, 0.6) is 0 Å². The lowest BCUT2D eigenvalue weighted by Gasteiger charge is -2.39. The molecule has 1 aromatic carbocycles. The highest BCUT2D eigenvalue weighted by atomic mass is 32.2. The first-order valence-corrected chi connectivity index (χ1v) is 7.65. The number of sulfonamides is 1. The molecule has 0 aliphatic carbocycles. The number of benzene rings is 1. The summed E-state index contributed by atoms with van der Waals surface area (Å²) in [6.45, 7) is 5.43. The Kier molecular flexibility index (Phi) is 3.75. The molecule has 0 bridgehead atoms. The fourth-order valence-corrected chi connectivity index (χ4v) is 3.92. The van der Waals surface area contributed by atoms with Crippen molar-refractivity contribution in [3.63, 3.8) is 0 Å². The third-order valence-electron chi connectivity index (χ3n) is 3.57. The van der Waals surface area contributed by atoms with Crippen molar-refractivity contribution in [2.24, 2.45) is 0 Å². The van der Waals surface area contributed by atoms with Crippen molar-refractivity contribution in [3.8, 4) is 0 Å². The quantitative estimate of drug-likeness (QED) is 0.819. The number of hydrogen-bond acceptors (Lipinski definition) is 3. The second-order valence-corrected chi connectivity index (χ2v) is 6.79. The van der Waals surface area contributed by atoms with Gasteiger partial charge in [0.15, 0.2) is 0 Å². The summed E-state index contributed by atoms with van der Waals surface area (Å²) in [4.78, 5) is 2.45. The van der Waals surface area contributed by atoms with Gasteiger partial charge >= 0.3 is 0 Å². The molecule has 1 aromatic rings. The third-order valence-corrected chi connectivity index (χ3v) is 5.54.